The lowest BCUT2D eigenvalue weighted by molar-refractivity contribution is 0.569. The Morgan fingerprint density at radius 3 is 3.00 bits per heavy atom. The molecule has 0 aliphatic rings. The summed E-state index contributed by atoms with van der Waals surface area (Å²) in [6.45, 7) is 0. The minimum absolute atomic E-state index is 0.109. The van der Waals surface area contributed by atoms with Crippen LogP contribution in [0.3, 0.4) is 0 Å². The Morgan fingerprint density at radius 1 is 1.54 bits per heavy atom. The predicted octanol–water partition coefficient (Wildman–Crippen LogP) is 1.64. The van der Waals surface area contributed by atoms with Crippen LogP contribution in [0.4, 0.5) is 4.39 Å². The largest absolute Gasteiger partial charge is 0.235 e. The van der Waals surface area contributed by atoms with Crippen molar-refractivity contribution >= 4 is 29.0 Å². The van der Waals surface area contributed by atoms with Crippen LogP contribution in [-0.4, -0.2) is 25.8 Å². The van der Waals surface area contributed by atoms with Crippen molar-refractivity contribution in [2.45, 2.75) is 5.16 Å². The Morgan fingerprint density at radius 2 is 2.31 bits per heavy atom. The number of nitrogens with zero attached hydrogens (tertiary/aromatic N) is 4. The van der Waals surface area contributed by atoms with E-state index in [1.54, 1.807) is 0 Å². The molecule has 0 N–H and O–H groups in total. The van der Waals surface area contributed by atoms with Crippen LogP contribution in [0.2, 0.25) is 5.28 Å². The molecule has 0 atom stereocenters. The van der Waals surface area contributed by atoms with Gasteiger partial charge in [0.05, 0.1) is 0 Å². The summed E-state index contributed by atoms with van der Waals surface area (Å²) >= 11 is 7.06. The first-order chi connectivity index (χ1) is 6.20. The summed E-state index contributed by atoms with van der Waals surface area (Å²) in [6.07, 6.45) is 1.81. The summed E-state index contributed by atoms with van der Waals surface area (Å²) in [6, 6.07) is 1.20. The lowest BCUT2D eigenvalue weighted by Gasteiger charge is -1.97. The first-order valence-corrected chi connectivity index (χ1v) is 4.94. The topological polar surface area (TPSA) is 43.1 Å². The Labute approximate surface area is 82.1 Å². The van der Waals surface area contributed by atoms with Gasteiger partial charge in [0, 0.05) is 6.07 Å². The van der Waals surface area contributed by atoms with E-state index in [0.717, 1.165) is 4.52 Å². The molecule has 2 rings (SSSR count). The summed E-state index contributed by atoms with van der Waals surface area (Å²) in [5.41, 5.74) is 0.363. The van der Waals surface area contributed by atoms with Crippen LogP contribution in [0, 0.1) is 5.95 Å². The molecule has 0 aliphatic carbocycles. The maximum atomic E-state index is 12.7. The highest BCUT2D eigenvalue weighted by atomic mass is 35.5. The summed E-state index contributed by atoms with van der Waals surface area (Å²) in [5, 5.41) is 4.08. The van der Waals surface area contributed by atoms with Crippen molar-refractivity contribution in [3.63, 3.8) is 0 Å². The second-order valence-electron chi connectivity index (χ2n) is 2.22. The smallest absolute Gasteiger partial charge is 0.203 e. The molecular formula is C6H4ClFN4S. The highest BCUT2D eigenvalue weighted by molar-refractivity contribution is 7.98. The predicted molar refractivity (Wildman–Crippen MR) is 47.5 cm³/mol. The van der Waals surface area contributed by atoms with Crippen LogP contribution in [0.1, 0.15) is 0 Å². The fourth-order valence-corrected chi connectivity index (χ4v) is 1.52. The average molecular weight is 219 g/mol. The highest BCUT2D eigenvalue weighted by Crippen LogP contribution is 2.15. The molecule has 0 amide bonds. The number of hydrogen-bond donors (Lipinski definition) is 0. The van der Waals surface area contributed by atoms with Gasteiger partial charge in [0.15, 0.2) is 10.8 Å². The van der Waals surface area contributed by atoms with E-state index in [4.69, 9.17) is 11.6 Å². The van der Waals surface area contributed by atoms with Crippen molar-refractivity contribution in [3.05, 3.63) is 17.3 Å². The van der Waals surface area contributed by atoms with Gasteiger partial charge in [-0.2, -0.15) is 13.9 Å². The minimum Gasteiger partial charge on any atom is -0.203 e. The Bertz CT molecular complexity index is 457. The maximum absolute atomic E-state index is 12.7. The minimum atomic E-state index is -0.616. The molecule has 0 spiro atoms. The molecule has 4 nitrogen and oxygen atoms in total. The van der Waals surface area contributed by atoms with Gasteiger partial charge in [-0.3, -0.25) is 0 Å². The molecule has 68 valence electrons. The van der Waals surface area contributed by atoms with Gasteiger partial charge in [-0.15, -0.1) is 5.10 Å². The number of thioether (sulfide) groups is 1. The molecule has 2 aromatic heterocycles. The third-order valence-electron chi connectivity index (χ3n) is 1.42. The van der Waals surface area contributed by atoms with E-state index in [2.05, 4.69) is 15.1 Å². The Kier molecular flexibility index (Phi) is 2.09. The Hall–Kier alpha value is -0.880. The van der Waals surface area contributed by atoms with Crippen LogP contribution in [0.25, 0.3) is 5.65 Å². The fraction of sp³-hybridized carbons (Fsp3) is 0.167. The van der Waals surface area contributed by atoms with Gasteiger partial charge in [0.1, 0.15) is 0 Å². The van der Waals surface area contributed by atoms with E-state index in [-0.39, 0.29) is 5.28 Å². The fourth-order valence-electron chi connectivity index (χ4n) is 0.899. The van der Waals surface area contributed by atoms with Crippen LogP contribution in [-0.2, 0) is 0 Å². The number of fused-ring (bicyclic) bond motifs is 1. The summed E-state index contributed by atoms with van der Waals surface area (Å²) in [5.74, 6) is -0.616. The van der Waals surface area contributed by atoms with E-state index in [9.17, 15) is 4.39 Å². The molecule has 0 unspecified atom stereocenters. The second kappa shape index (κ2) is 3.12. The molecular weight excluding hydrogens is 215 g/mol. The van der Waals surface area contributed by atoms with E-state index in [1.807, 2.05) is 6.26 Å². The molecule has 0 aromatic carbocycles. The van der Waals surface area contributed by atoms with E-state index in [1.165, 1.54) is 17.8 Å². The zero-order valence-corrected chi connectivity index (χ0v) is 8.10. The van der Waals surface area contributed by atoms with Gasteiger partial charge in [-0.05, 0) is 17.9 Å². The van der Waals surface area contributed by atoms with E-state index in [0.29, 0.717) is 10.8 Å². The molecule has 0 bridgehead atoms. The van der Waals surface area contributed by atoms with Gasteiger partial charge < -0.3 is 0 Å². The monoisotopic (exact) mass is 218 g/mol. The number of rotatable bonds is 1. The average Bonchev–Trinajstić information content (AvgIpc) is 2.46. The molecule has 13 heavy (non-hydrogen) atoms. The summed E-state index contributed by atoms with van der Waals surface area (Å²) in [7, 11) is 0. The zero-order chi connectivity index (χ0) is 9.42. The third-order valence-corrected chi connectivity index (χ3v) is 2.21. The SMILES string of the molecule is CSc1nc(Cl)n2nc(F)cc2n1. The molecule has 0 fully saturated rings. The van der Waals surface area contributed by atoms with Crippen LogP contribution < -0.4 is 0 Å². The van der Waals surface area contributed by atoms with Crippen LogP contribution in [0.5, 0.6) is 0 Å². The van der Waals surface area contributed by atoms with E-state index >= 15 is 0 Å². The van der Waals surface area contributed by atoms with Gasteiger partial charge in [0.2, 0.25) is 11.2 Å². The third kappa shape index (κ3) is 1.47. The maximum Gasteiger partial charge on any atom is 0.235 e. The molecule has 7 heteroatoms. The van der Waals surface area contributed by atoms with Crippen LogP contribution in [0.15, 0.2) is 11.2 Å². The lowest BCUT2D eigenvalue weighted by atomic mass is 10.7. The van der Waals surface area contributed by atoms with Gasteiger partial charge in [-0.1, -0.05) is 11.8 Å². The molecule has 0 saturated carbocycles. The summed E-state index contributed by atoms with van der Waals surface area (Å²) < 4.78 is 13.8. The second-order valence-corrected chi connectivity index (χ2v) is 3.33. The highest BCUT2D eigenvalue weighted by Gasteiger charge is 2.08. The van der Waals surface area contributed by atoms with Crippen molar-refractivity contribution in [1.29, 1.82) is 0 Å². The molecule has 2 heterocycles. The standard InChI is InChI=1S/C6H4ClFN4S/c1-13-6-9-4-2-3(8)11-12(4)5(7)10-6/h2H,1H3. The first-order valence-electron chi connectivity index (χ1n) is 3.33. The van der Waals surface area contributed by atoms with Gasteiger partial charge in [0.25, 0.3) is 0 Å². The van der Waals surface area contributed by atoms with Gasteiger partial charge in [-0.25, -0.2) is 4.98 Å². The molecule has 0 saturated heterocycles. The molecule has 0 aliphatic heterocycles. The quantitative estimate of drug-likeness (QED) is 0.683. The van der Waals surface area contributed by atoms with Crippen molar-refractivity contribution < 1.29 is 4.39 Å². The lowest BCUT2D eigenvalue weighted by Crippen LogP contribution is -1.97. The van der Waals surface area contributed by atoms with Crippen molar-refractivity contribution in [1.82, 2.24) is 19.6 Å². The Balaban J connectivity index is 2.75. The number of hydrogen-bond acceptors (Lipinski definition) is 4. The van der Waals surface area contributed by atoms with Gasteiger partial charge >= 0.3 is 0 Å². The van der Waals surface area contributed by atoms with Crippen LogP contribution >= 0.6 is 23.4 Å². The molecule has 2 aromatic rings. The number of halogens is 2. The number of aromatic nitrogens is 4. The van der Waals surface area contributed by atoms with Crippen molar-refractivity contribution in [2.24, 2.45) is 0 Å². The normalized spacial score (nSPS) is 11.0. The summed E-state index contributed by atoms with van der Waals surface area (Å²) in [4.78, 5) is 7.89. The zero-order valence-electron chi connectivity index (χ0n) is 6.53. The van der Waals surface area contributed by atoms with Crippen molar-refractivity contribution in [3.8, 4) is 0 Å². The van der Waals surface area contributed by atoms with E-state index < -0.39 is 5.95 Å². The molecule has 0 radical (unpaired) electrons. The first kappa shape index (κ1) is 8.71. The van der Waals surface area contributed by atoms with Crippen molar-refractivity contribution in [2.75, 3.05) is 6.26 Å².